The van der Waals surface area contributed by atoms with Gasteiger partial charge < -0.3 is 14.5 Å². The van der Waals surface area contributed by atoms with Crippen molar-refractivity contribution >= 4 is 11.9 Å². The van der Waals surface area contributed by atoms with Gasteiger partial charge in [0.05, 0.1) is 13.5 Å². The van der Waals surface area contributed by atoms with Gasteiger partial charge in [-0.3, -0.25) is 9.59 Å². The SMILES string of the molecule is CCN(CC)CCN(CCC(=O)OC)C(=O)c1ccccc1C. The molecule has 5 nitrogen and oxygen atoms in total. The zero-order chi connectivity index (χ0) is 17.2. The smallest absolute Gasteiger partial charge is 0.307 e. The molecule has 0 N–H and O–H groups in total. The monoisotopic (exact) mass is 320 g/mol. The lowest BCUT2D eigenvalue weighted by Gasteiger charge is -2.26. The van der Waals surface area contributed by atoms with Gasteiger partial charge in [-0.1, -0.05) is 32.0 Å². The van der Waals surface area contributed by atoms with Crippen LogP contribution >= 0.6 is 0 Å². The number of nitrogens with zero attached hydrogens (tertiary/aromatic N) is 2. The third-order valence-electron chi connectivity index (χ3n) is 4.06. The molecule has 0 saturated carbocycles. The lowest BCUT2D eigenvalue weighted by atomic mass is 10.1. The number of carbonyl (C=O) groups excluding carboxylic acids is 2. The lowest BCUT2D eigenvalue weighted by molar-refractivity contribution is -0.140. The zero-order valence-electron chi connectivity index (χ0n) is 14.7. The Bertz CT molecular complexity index is 513. The van der Waals surface area contributed by atoms with Gasteiger partial charge in [0.25, 0.3) is 5.91 Å². The number of hydrogen-bond donors (Lipinski definition) is 0. The summed E-state index contributed by atoms with van der Waals surface area (Å²) >= 11 is 0. The molecule has 0 aromatic heterocycles. The van der Waals surface area contributed by atoms with Crippen molar-refractivity contribution in [2.75, 3.05) is 39.8 Å². The summed E-state index contributed by atoms with van der Waals surface area (Å²) in [5.74, 6) is -0.324. The normalized spacial score (nSPS) is 10.7. The summed E-state index contributed by atoms with van der Waals surface area (Å²) in [5, 5.41) is 0. The van der Waals surface area contributed by atoms with Crippen molar-refractivity contribution < 1.29 is 14.3 Å². The third-order valence-corrected chi connectivity index (χ3v) is 4.06. The first kappa shape index (κ1) is 19.2. The first-order chi connectivity index (χ1) is 11.0. The van der Waals surface area contributed by atoms with E-state index in [1.165, 1.54) is 7.11 Å². The summed E-state index contributed by atoms with van der Waals surface area (Å²) in [6.07, 6.45) is 0.215. The van der Waals surface area contributed by atoms with Gasteiger partial charge in [0, 0.05) is 25.2 Å². The largest absolute Gasteiger partial charge is 0.469 e. The first-order valence-electron chi connectivity index (χ1n) is 8.17. The van der Waals surface area contributed by atoms with Crippen molar-refractivity contribution in [3.8, 4) is 0 Å². The highest BCUT2D eigenvalue weighted by molar-refractivity contribution is 5.95. The molecule has 0 aliphatic carbocycles. The second kappa shape index (κ2) is 10.0. The molecule has 0 atom stereocenters. The molecule has 0 spiro atoms. The lowest BCUT2D eigenvalue weighted by Crippen LogP contribution is -2.40. The molecule has 1 rings (SSSR count). The minimum Gasteiger partial charge on any atom is -0.469 e. The fraction of sp³-hybridized carbons (Fsp3) is 0.556. The molecule has 1 aromatic rings. The van der Waals surface area contributed by atoms with Gasteiger partial charge in [-0.05, 0) is 31.6 Å². The molecule has 0 aliphatic rings. The number of benzene rings is 1. The van der Waals surface area contributed by atoms with Gasteiger partial charge >= 0.3 is 5.97 Å². The van der Waals surface area contributed by atoms with Crippen LogP contribution in [0.25, 0.3) is 0 Å². The average Bonchev–Trinajstić information content (AvgIpc) is 2.57. The number of methoxy groups -OCH3 is 1. The van der Waals surface area contributed by atoms with Crippen molar-refractivity contribution in [2.24, 2.45) is 0 Å². The van der Waals surface area contributed by atoms with Crippen LogP contribution in [0, 0.1) is 6.92 Å². The molecule has 0 saturated heterocycles. The van der Waals surface area contributed by atoms with E-state index < -0.39 is 0 Å². The fourth-order valence-corrected chi connectivity index (χ4v) is 2.43. The van der Waals surface area contributed by atoms with Gasteiger partial charge in [-0.15, -0.1) is 0 Å². The van der Waals surface area contributed by atoms with Gasteiger partial charge in [0.2, 0.25) is 0 Å². The Morgan fingerprint density at radius 1 is 1.04 bits per heavy atom. The van der Waals surface area contributed by atoms with Crippen LogP contribution in [0.5, 0.6) is 0 Å². The van der Waals surface area contributed by atoms with Gasteiger partial charge in [0.15, 0.2) is 0 Å². The molecule has 23 heavy (non-hydrogen) atoms. The van der Waals surface area contributed by atoms with Crippen molar-refractivity contribution in [2.45, 2.75) is 27.2 Å². The van der Waals surface area contributed by atoms with E-state index in [2.05, 4.69) is 18.7 Å². The molecule has 0 radical (unpaired) electrons. The number of amides is 1. The summed E-state index contributed by atoms with van der Waals surface area (Å²) in [6, 6.07) is 7.54. The topological polar surface area (TPSA) is 49.9 Å². The van der Waals surface area contributed by atoms with Crippen LogP contribution in [-0.2, 0) is 9.53 Å². The number of ether oxygens (including phenoxy) is 1. The Kier molecular flexibility index (Phi) is 8.33. The van der Waals surface area contributed by atoms with E-state index in [0.717, 1.165) is 25.2 Å². The maximum atomic E-state index is 12.8. The second-order valence-electron chi connectivity index (χ2n) is 5.46. The van der Waals surface area contributed by atoms with Crippen LogP contribution in [0.15, 0.2) is 24.3 Å². The highest BCUT2D eigenvalue weighted by atomic mass is 16.5. The number of aryl methyl sites for hydroxylation is 1. The van der Waals surface area contributed by atoms with E-state index in [1.54, 1.807) is 4.90 Å². The molecule has 1 amide bonds. The van der Waals surface area contributed by atoms with Gasteiger partial charge in [-0.25, -0.2) is 0 Å². The predicted molar refractivity (Wildman–Crippen MR) is 91.5 cm³/mol. The van der Waals surface area contributed by atoms with Crippen molar-refractivity contribution in [3.05, 3.63) is 35.4 Å². The Hall–Kier alpha value is -1.88. The van der Waals surface area contributed by atoms with Crippen molar-refractivity contribution in [3.63, 3.8) is 0 Å². The zero-order valence-corrected chi connectivity index (χ0v) is 14.7. The standard InChI is InChI=1S/C18H28N2O3/c1-5-19(6-2)13-14-20(12-11-17(21)23-4)18(22)16-10-8-7-9-15(16)3/h7-10H,5-6,11-14H2,1-4H3. The predicted octanol–water partition coefficient (Wildman–Crippen LogP) is 2.34. The molecule has 0 heterocycles. The molecule has 0 unspecified atom stereocenters. The molecule has 0 aliphatic heterocycles. The van der Waals surface area contributed by atoms with Crippen LogP contribution in [-0.4, -0.2) is 61.5 Å². The molecular weight excluding hydrogens is 292 g/mol. The summed E-state index contributed by atoms with van der Waals surface area (Å²) < 4.78 is 4.69. The van der Waals surface area contributed by atoms with Crippen LogP contribution in [0.4, 0.5) is 0 Å². The highest BCUT2D eigenvalue weighted by Crippen LogP contribution is 2.11. The van der Waals surface area contributed by atoms with E-state index in [4.69, 9.17) is 4.74 Å². The maximum absolute atomic E-state index is 12.8. The van der Waals surface area contributed by atoms with Crippen molar-refractivity contribution in [1.29, 1.82) is 0 Å². The molecule has 1 aromatic carbocycles. The van der Waals surface area contributed by atoms with E-state index >= 15 is 0 Å². The van der Waals surface area contributed by atoms with Crippen LogP contribution in [0.2, 0.25) is 0 Å². The van der Waals surface area contributed by atoms with Crippen LogP contribution in [0.1, 0.15) is 36.2 Å². The molecule has 128 valence electrons. The number of carbonyl (C=O) groups is 2. The number of rotatable bonds is 9. The highest BCUT2D eigenvalue weighted by Gasteiger charge is 2.19. The van der Waals surface area contributed by atoms with Crippen molar-refractivity contribution in [1.82, 2.24) is 9.80 Å². The Labute approximate surface area is 139 Å². The second-order valence-corrected chi connectivity index (χ2v) is 5.46. The Morgan fingerprint density at radius 3 is 2.26 bits per heavy atom. The van der Waals surface area contributed by atoms with E-state index in [0.29, 0.717) is 18.7 Å². The van der Waals surface area contributed by atoms with E-state index in [1.807, 2.05) is 31.2 Å². The molecule has 5 heteroatoms. The third kappa shape index (κ3) is 6.02. The fourth-order valence-electron chi connectivity index (χ4n) is 2.43. The van der Waals surface area contributed by atoms with Gasteiger partial charge in [0.1, 0.15) is 0 Å². The number of hydrogen-bond acceptors (Lipinski definition) is 4. The summed E-state index contributed by atoms with van der Waals surface area (Å²) in [7, 11) is 1.37. The van der Waals surface area contributed by atoms with Crippen LogP contribution in [0.3, 0.4) is 0 Å². The Morgan fingerprint density at radius 2 is 1.70 bits per heavy atom. The summed E-state index contributed by atoms with van der Waals surface area (Å²) in [5.41, 5.74) is 1.64. The summed E-state index contributed by atoms with van der Waals surface area (Å²) in [6.45, 7) is 9.80. The molecular formula is C18H28N2O3. The minimum absolute atomic E-state index is 0.0286. The van der Waals surface area contributed by atoms with Gasteiger partial charge in [-0.2, -0.15) is 0 Å². The minimum atomic E-state index is -0.296. The molecule has 0 bridgehead atoms. The number of esters is 1. The first-order valence-corrected chi connectivity index (χ1v) is 8.17. The maximum Gasteiger partial charge on any atom is 0.307 e. The molecule has 0 fully saturated rings. The van der Waals surface area contributed by atoms with Crippen LogP contribution < -0.4 is 0 Å². The Balaban J connectivity index is 2.82. The van der Waals surface area contributed by atoms with E-state index in [9.17, 15) is 9.59 Å². The quantitative estimate of drug-likeness (QED) is 0.655. The summed E-state index contributed by atoms with van der Waals surface area (Å²) in [4.78, 5) is 28.2. The van der Waals surface area contributed by atoms with E-state index in [-0.39, 0.29) is 18.3 Å². The average molecular weight is 320 g/mol. The number of likely N-dealkylation sites (N-methyl/N-ethyl adjacent to an activating group) is 1.